The van der Waals surface area contributed by atoms with E-state index in [1.54, 1.807) is 0 Å². The molecule has 2 heterocycles. The zero-order valence-electron chi connectivity index (χ0n) is 12.9. The molecular formula is C17H15ClN2OS2. The Morgan fingerprint density at radius 3 is 2.65 bits per heavy atom. The molecule has 0 saturated carbocycles. The topological polar surface area (TPSA) is 34.0 Å². The van der Waals surface area contributed by atoms with Crippen LogP contribution < -0.4 is 5.32 Å². The number of rotatable bonds is 2. The third-order valence-electron chi connectivity index (χ3n) is 3.81. The molecule has 3 rings (SSSR count). The Morgan fingerprint density at radius 2 is 2.00 bits per heavy atom. The van der Waals surface area contributed by atoms with Crippen molar-refractivity contribution in [2.45, 2.75) is 20.8 Å². The summed E-state index contributed by atoms with van der Waals surface area (Å²) in [5.41, 5.74) is 5.35. The summed E-state index contributed by atoms with van der Waals surface area (Å²) >= 11 is 12.5. The molecule has 0 unspecified atom stereocenters. The van der Waals surface area contributed by atoms with Gasteiger partial charge in [-0.05, 0) is 56.2 Å². The quantitative estimate of drug-likeness (QED) is 0.628. The molecule has 0 atom stereocenters. The molecule has 1 N–H and O–H groups in total. The van der Waals surface area contributed by atoms with Gasteiger partial charge in [-0.25, -0.2) is 0 Å². The molecule has 0 spiro atoms. The predicted molar refractivity (Wildman–Crippen MR) is 101 cm³/mol. The fraction of sp³-hybridized carbons (Fsp3) is 0.176. The van der Waals surface area contributed by atoms with Gasteiger partial charge in [0.15, 0.2) is 0 Å². The van der Waals surface area contributed by atoms with E-state index in [9.17, 15) is 4.79 Å². The number of aromatic nitrogens is 1. The molecule has 1 aliphatic heterocycles. The molecule has 0 bridgehead atoms. The van der Waals surface area contributed by atoms with Crippen LogP contribution in [0, 0.1) is 20.8 Å². The molecule has 23 heavy (non-hydrogen) atoms. The van der Waals surface area contributed by atoms with Gasteiger partial charge in [0.25, 0.3) is 5.91 Å². The molecule has 3 nitrogen and oxygen atoms in total. The number of nitrogens with one attached hydrogen (secondary N) is 1. The lowest BCUT2D eigenvalue weighted by molar-refractivity contribution is -0.115. The average Bonchev–Trinajstić information content (AvgIpc) is 2.93. The van der Waals surface area contributed by atoms with Crippen LogP contribution in [0.4, 0.5) is 0 Å². The Kier molecular flexibility index (Phi) is 4.36. The first-order chi connectivity index (χ1) is 10.9. The number of hydrogen-bond donors (Lipinski definition) is 1. The highest BCUT2D eigenvalue weighted by Gasteiger charge is 2.23. The first-order valence-electron chi connectivity index (χ1n) is 7.07. The maximum absolute atomic E-state index is 11.8. The Hall–Kier alpha value is -1.56. The number of carbonyl (C=O) groups is 1. The van der Waals surface area contributed by atoms with Gasteiger partial charge in [0.1, 0.15) is 4.32 Å². The molecule has 1 saturated heterocycles. The lowest BCUT2D eigenvalue weighted by Crippen LogP contribution is -2.17. The number of halogens is 1. The third-order valence-corrected chi connectivity index (χ3v) is 5.21. The largest absolute Gasteiger partial charge is 0.318 e. The first-order valence-corrected chi connectivity index (χ1v) is 8.67. The standard InChI is InChI=1S/C17H15ClN2OS2/c1-9-4-5-13(18)8-14(9)20-10(2)6-12(11(20)3)7-15-16(21)19-17(22)23-15/h4-8H,1-3H3,(H,19,21,22)/b15-7-. The zero-order chi connectivity index (χ0) is 16.7. The molecule has 118 valence electrons. The third kappa shape index (κ3) is 3.09. The minimum atomic E-state index is -0.135. The highest BCUT2D eigenvalue weighted by atomic mass is 35.5. The molecule has 6 heteroatoms. The number of aryl methyl sites for hydroxylation is 2. The normalized spacial score (nSPS) is 16.3. The Labute approximate surface area is 149 Å². The Balaban J connectivity index is 2.10. The molecule has 1 amide bonds. The second-order valence-electron chi connectivity index (χ2n) is 5.44. The fourth-order valence-corrected chi connectivity index (χ4v) is 3.89. The number of carbonyl (C=O) groups excluding carboxylic acids is 1. The van der Waals surface area contributed by atoms with Crippen LogP contribution in [0.3, 0.4) is 0 Å². The number of nitrogens with zero attached hydrogens (tertiary/aromatic N) is 1. The number of hydrogen-bond acceptors (Lipinski definition) is 3. The SMILES string of the molecule is Cc1ccc(Cl)cc1-n1c(C)cc(/C=C2\SC(=S)NC2=O)c1C. The van der Waals surface area contributed by atoms with E-state index in [1.807, 2.05) is 38.1 Å². The van der Waals surface area contributed by atoms with Crippen LogP contribution in [0.1, 0.15) is 22.5 Å². The van der Waals surface area contributed by atoms with Gasteiger partial charge in [0.2, 0.25) is 0 Å². The fourth-order valence-electron chi connectivity index (χ4n) is 2.69. The van der Waals surface area contributed by atoms with Gasteiger partial charge in [-0.2, -0.15) is 0 Å². The van der Waals surface area contributed by atoms with E-state index in [0.717, 1.165) is 28.2 Å². The van der Waals surface area contributed by atoms with Crippen LogP contribution in [-0.2, 0) is 4.79 Å². The van der Waals surface area contributed by atoms with Crippen molar-refractivity contribution in [2.75, 3.05) is 0 Å². The monoisotopic (exact) mass is 362 g/mol. The summed E-state index contributed by atoms with van der Waals surface area (Å²) in [4.78, 5) is 12.5. The van der Waals surface area contributed by atoms with Crippen molar-refractivity contribution >= 4 is 51.9 Å². The van der Waals surface area contributed by atoms with Gasteiger partial charge in [-0.3, -0.25) is 4.79 Å². The summed E-state index contributed by atoms with van der Waals surface area (Å²) in [5, 5.41) is 3.34. The molecular weight excluding hydrogens is 348 g/mol. The van der Waals surface area contributed by atoms with E-state index in [4.69, 9.17) is 23.8 Å². The molecule has 1 fully saturated rings. The maximum Gasteiger partial charge on any atom is 0.263 e. The van der Waals surface area contributed by atoms with Gasteiger partial charge in [-0.1, -0.05) is 41.6 Å². The number of thioether (sulfide) groups is 1. The van der Waals surface area contributed by atoms with Gasteiger partial charge in [-0.15, -0.1) is 0 Å². The van der Waals surface area contributed by atoms with Gasteiger partial charge < -0.3 is 9.88 Å². The highest BCUT2D eigenvalue weighted by Crippen LogP contribution is 2.30. The van der Waals surface area contributed by atoms with Crippen molar-refractivity contribution in [3.63, 3.8) is 0 Å². The van der Waals surface area contributed by atoms with E-state index in [2.05, 4.69) is 22.9 Å². The molecule has 0 radical (unpaired) electrons. The molecule has 0 aliphatic carbocycles. The van der Waals surface area contributed by atoms with Crippen molar-refractivity contribution in [3.8, 4) is 5.69 Å². The minimum absolute atomic E-state index is 0.135. The second kappa shape index (κ2) is 6.15. The van der Waals surface area contributed by atoms with Gasteiger partial charge in [0.05, 0.1) is 4.91 Å². The summed E-state index contributed by atoms with van der Waals surface area (Å²) in [5.74, 6) is -0.135. The first kappa shape index (κ1) is 16.3. The highest BCUT2D eigenvalue weighted by molar-refractivity contribution is 8.26. The molecule has 1 aromatic heterocycles. The lowest BCUT2D eigenvalue weighted by atomic mass is 10.2. The van der Waals surface area contributed by atoms with Gasteiger partial charge in [0, 0.05) is 22.1 Å². The molecule has 2 aromatic rings. The van der Waals surface area contributed by atoms with Crippen molar-refractivity contribution in [1.29, 1.82) is 0 Å². The number of amides is 1. The van der Waals surface area contributed by atoms with Crippen LogP contribution in [0.2, 0.25) is 5.02 Å². The Morgan fingerprint density at radius 1 is 1.26 bits per heavy atom. The number of thiocarbonyl (C=S) groups is 1. The van der Waals surface area contributed by atoms with Crippen LogP contribution >= 0.6 is 35.6 Å². The van der Waals surface area contributed by atoms with Crippen molar-refractivity contribution in [2.24, 2.45) is 0 Å². The van der Waals surface area contributed by atoms with Crippen LogP contribution in [0.5, 0.6) is 0 Å². The Bertz CT molecular complexity index is 868. The molecule has 1 aromatic carbocycles. The smallest absolute Gasteiger partial charge is 0.263 e. The summed E-state index contributed by atoms with van der Waals surface area (Å²) in [7, 11) is 0. The maximum atomic E-state index is 11.8. The lowest BCUT2D eigenvalue weighted by Gasteiger charge is -2.13. The van der Waals surface area contributed by atoms with Crippen molar-refractivity contribution in [1.82, 2.24) is 9.88 Å². The van der Waals surface area contributed by atoms with Crippen LogP contribution in [0.15, 0.2) is 29.2 Å². The van der Waals surface area contributed by atoms with E-state index in [-0.39, 0.29) is 5.91 Å². The summed E-state index contributed by atoms with van der Waals surface area (Å²) in [6.45, 7) is 6.14. The van der Waals surface area contributed by atoms with E-state index >= 15 is 0 Å². The summed E-state index contributed by atoms with van der Waals surface area (Å²) in [6.07, 6.45) is 1.89. The van der Waals surface area contributed by atoms with E-state index in [1.165, 1.54) is 11.8 Å². The van der Waals surface area contributed by atoms with E-state index in [0.29, 0.717) is 14.2 Å². The second-order valence-corrected chi connectivity index (χ2v) is 7.60. The predicted octanol–water partition coefficient (Wildman–Crippen LogP) is 4.54. The van der Waals surface area contributed by atoms with Crippen LogP contribution in [0.25, 0.3) is 11.8 Å². The average molecular weight is 363 g/mol. The molecule has 1 aliphatic rings. The summed E-state index contributed by atoms with van der Waals surface area (Å²) < 4.78 is 2.66. The minimum Gasteiger partial charge on any atom is -0.318 e. The number of benzene rings is 1. The van der Waals surface area contributed by atoms with Gasteiger partial charge >= 0.3 is 0 Å². The van der Waals surface area contributed by atoms with Crippen LogP contribution in [-0.4, -0.2) is 14.8 Å². The van der Waals surface area contributed by atoms with Crippen molar-refractivity contribution in [3.05, 3.63) is 56.7 Å². The van der Waals surface area contributed by atoms with E-state index < -0.39 is 0 Å². The van der Waals surface area contributed by atoms with Crippen molar-refractivity contribution < 1.29 is 4.79 Å². The zero-order valence-corrected chi connectivity index (χ0v) is 15.3. The summed E-state index contributed by atoms with van der Waals surface area (Å²) in [6, 6.07) is 7.92.